The molecule has 2 rings (SSSR count). The molecule has 0 bridgehead atoms. The van der Waals surface area contributed by atoms with Gasteiger partial charge >= 0.3 is 0 Å². The number of hydrogen-bond donors (Lipinski definition) is 0. The highest BCUT2D eigenvalue weighted by atomic mass is 16.6. The first-order valence-electron chi connectivity index (χ1n) is 4.65. The largest absolute Gasteiger partial charge is 0.365 e. The third kappa shape index (κ3) is 0.939. The van der Waals surface area contributed by atoms with Crippen LogP contribution >= 0.6 is 0 Å². The number of ketones is 1. The van der Waals surface area contributed by atoms with E-state index in [1.165, 1.54) is 0 Å². The molecule has 2 unspecified atom stereocenters. The Balaban J connectivity index is 2.14. The van der Waals surface area contributed by atoms with Crippen molar-refractivity contribution in [3.8, 4) is 0 Å². The number of hydrogen-bond acceptors (Lipinski definition) is 2. The predicted molar refractivity (Wildman–Crippen MR) is 45.9 cm³/mol. The molecule has 0 N–H and O–H groups in total. The van der Waals surface area contributed by atoms with Gasteiger partial charge in [0.15, 0.2) is 0 Å². The third-order valence-corrected chi connectivity index (χ3v) is 3.27. The average Bonchev–Trinajstić information content (AvgIpc) is 2.60. The molecular weight excluding hydrogens is 152 g/mol. The van der Waals surface area contributed by atoms with Gasteiger partial charge in [-0.05, 0) is 11.8 Å². The van der Waals surface area contributed by atoms with E-state index in [0.29, 0.717) is 18.6 Å². The Kier molecular flexibility index (Phi) is 1.45. The second kappa shape index (κ2) is 2.11. The third-order valence-electron chi connectivity index (χ3n) is 3.27. The van der Waals surface area contributed by atoms with Gasteiger partial charge < -0.3 is 4.74 Å². The van der Waals surface area contributed by atoms with Crippen LogP contribution in [0, 0.1) is 5.41 Å². The van der Waals surface area contributed by atoms with Crippen LogP contribution in [0.15, 0.2) is 0 Å². The fourth-order valence-corrected chi connectivity index (χ4v) is 2.31. The summed E-state index contributed by atoms with van der Waals surface area (Å²) in [6.07, 6.45) is 2.53. The first-order valence-corrected chi connectivity index (χ1v) is 4.65. The van der Waals surface area contributed by atoms with Gasteiger partial charge in [0.1, 0.15) is 11.4 Å². The predicted octanol–water partition coefficient (Wildman–Crippen LogP) is 1.92. The zero-order valence-electron chi connectivity index (χ0n) is 8.02. The van der Waals surface area contributed by atoms with E-state index in [0.717, 1.165) is 6.42 Å². The number of fused-ring (bicyclic) bond motifs is 1. The lowest BCUT2D eigenvalue weighted by Crippen LogP contribution is -2.36. The normalized spacial score (nSPS) is 40.9. The summed E-state index contributed by atoms with van der Waals surface area (Å²) in [5, 5.41) is 0. The average molecular weight is 168 g/mol. The van der Waals surface area contributed by atoms with Gasteiger partial charge in [0, 0.05) is 12.8 Å². The van der Waals surface area contributed by atoms with Crippen LogP contribution in [0.4, 0.5) is 0 Å². The summed E-state index contributed by atoms with van der Waals surface area (Å²) in [5.41, 5.74) is 0.235. The van der Waals surface area contributed by atoms with Gasteiger partial charge in [-0.3, -0.25) is 4.79 Å². The molecular formula is C10H16O2. The molecule has 2 fully saturated rings. The summed E-state index contributed by atoms with van der Waals surface area (Å²) in [6.45, 7) is 6.59. The van der Waals surface area contributed by atoms with Crippen molar-refractivity contribution < 1.29 is 9.53 Å². The maximum Gasteiger partial charge on any atom is 0.135 e. The molecule has 68 valence electrons. The van der Waals surface area contributed by atoms with E-state index >= 15 is 0 Å². The van der Waals surface area contributed by atoms with Crippen molar-refractivity contribution in [1.82, 2.24) is 0 Å². The number of Topliss-reactive ketones (excluding diaryl/α,β-unsaturated/α-hetero) is 1. The molecule has 0 aromatic rings. The van der Waals surface area contributed by atoms with Crippen molar-refractivity contribution in [2.24, 2.45) is 5.41 Å². The van der Waals surface area contributed by atoms with Crippen LogP contribution in [0.1, 0.15) is 40.0 Å². The Morgan fingerprint density at radius 2 is 2.17 bits per heavy atom. The maximum atomic E-state index is 11.1. The van der Waals surface area contributed by atoms with Crippen molar-refractivity contribution in [3.63, 3.8) is 0 Å². The maximum absolute atomic E-state index is 11.1. The van der Waals surface area contributed by atoms with Gasteiger partial charge in [-0.15, -0.1) is 0 Å². The minimum absolute atomic E-state index is 0.0426. The van der Waals surface area contributed by atoms with Gasteiger partial charge in [0.2, 0.25) is 0 Å². The van der Waals surface area contributed by atoms with Crippen LogP contribution in [-0.4, -0.2) is 17.5 Å². The number of carbonyl (C=O) groups excluding carboxylic acids is 1. The molecule has 2 aliphatic rings. The highest BCUT2D eigenvalue weighted by Gasteiger charge is 2.64. The summed E-state index contributed by atoms with van der Waals surface area (Å²) in [4.78, 5) is 11.1. The van der Waals surface area contributed by atoms with Crippen LogP contribution < -0.4 is 0 Å². The zero-order chi connectivity index (χ0) is 8.98. The van der Waals surface area contributed by atoms with Crippen LogP contribution in [0.25, 0.3) is 0 Å². The molecule has 2 atom stereocenters. The molecule has 0 aromatic carbocycles. The van der Waals surface area contributed by atoms with Crippen molar-refractivity contribution in [1.29, 1.82) is 0 Å². The first kappa shape index (κ1) is 8.24. The Morgan fingerprint density at radius 1 is 1.50 bits per heavy atom. The minimum atomic E-state index is 0.0426. The van der Waals surface area contributed by atoms with Gasteiger partial charge in [-0.2, -0.15) is 0 Å². The van der Waals surface area contributed by atoms with E-state index in [4.69, 9.17) is 4.74 Å². The standard InChI is InChI=1S/C10H16O2/c1-9(2,3)10-5-4-7(11)6-8(10)12-10/h8H,4-6H2,1-3H3. The van der Waals surface area contributed by atoms with E-state index in [-0.39, 0.29) is 17.1 Å². The van der Waals surface area contributed by atoms with Gasteiger partial charge in [0.25, 0.3) is 0 Å². The fourth-order valence-electron chi connectivity index (χ4n) is 2.31. The number of ether oxygens (including phenoxy) is 1. The van der Waals surface area contributed by atoms with Crippen molar-refractivity contribution in [2.75, 3.05) is 0 Å². The lowest BCUT2D eigenvalue weighted by atomic mass is 9.72. The summed E-state index contributed by atoms with van der Waals surface area (Å²) in [5.74, 6) is 0.373. The topological polar surface area (TPSA) is 29.6 Å². The van der Waals surface area contributed by atoms with Gasteiger partial charge in [-0.25, -0.2) is 0 Å². The molecule has 1 aliphatic carbocycles. The van der Waals surface area contributed by atoms with Crippen LogP contribution in [0.3, 0.4) is 0 Å². The molecule has 0 aromatic heterocycles. The monoisotopic (exact) mass is 168 g/mol. The molecule has 2 nitrogen and oxygen atoms in total. The lowest BCUT2D eigenvalue weighted by molar-refractivity contribution is -0.120. The Bertz CT molecular complexity index is 226. The molecule has 0 amide bonds. The number of carbonyl (C=O) groups is 1. The second-order valence-corrected chi connectivity index (χ2v) is 4.99. The van der Waals surface area contributed by atoms with Crippen molar-refractivity contribution in [3.05, 3.63) is 0 Å². The summed E-state index contributed by atoms with van der Waals surface area (Å²) < 4.78 is 5.68. The Hall–Kier alpha value is -0.370. The van der Waals surface area contributed by atoms with Crippen molar-refractivity contribution in [2.45, 2.75) is 51.7 Å². The van der Waals surface area contributed by atoms with Gasteiger partial charge in [-0.1, -0.05) is 20.8 Å². The molecule has 0 radical (unpaired) electrons. The summed E-state index contributed by atoms with van der Waals surface area (Å²) in [7, 11) is 0. The quantitative estimate of drug-likeness (QED) is 0.517. The summed E-state index contributed by atoms with van der Waals surface area (Å²) >= 11 is 0. The van der Waals surface area contributed by atoms with E-state index in [2.05, 4.69) is 20.8 Å². The number of epoxide rings is 1. The van der Waals surface area contributed by atoms with Gasteiger partial charge in [0.05, 0.1) is 6.10 Å². The first-order chi connectivity index (χ1) is 5.46. The van der Waals surface area contributed by atoms with E-state index in [1.54, 1.807) is 0 Å². The lowest BCUT2D eigenvalue weighted by Gasteiger charge is -2.30. The molecule has 0 spiro atoms. The summed E-state index contributed by atoms with van der Waals surface area (Å²) in [6, 6.07) is 0. The molecule has 1 saturated carbocycles. The van der Waals surface area contributed by atoms with Crippen LogP contribution in [0.2, 0.25) is 0 Å². The fraction of sp³-hybridized carbons (Fsp3) is 0.900. The smallest absolute Gasteiger partial charge is 0.135 e. The van der Waals surface area contributed by atoms with Crippen LogP contribution in [-0.2, 0) is 9.53 Å². The zero-order valence-corrected chi connectivity index (χ0v) is 8.02. The minimum Gasteiger partial charge on any atom is -0.365 e. The molecule has 1 aliphatic heterocycles. The van der Waals surface area contributed by atoms with E-state index in [9.17, 15) is 4.79 Å². The second-order valence-electron chi connectivity index (χ2n) is 4.99. The van der Waals surface area contributed by atoms with E-state index in [1.807, 2.05) is 0 Å². The Morgan fingerprint density at radius 3 is 2.67 bits per heavy atom. The molecule has 2 heteroatoms. The van der Waals surface area contributed by atoms with Crippen LogP contribution in [0.5, 0.6) is 0 Å². The molecule has 1 heterocycles. The van der Waals surface area contributed by atoms with E-state index < -0.39 is 0 Å². The molecule has 12 heavy (non-hydrogen) atoms. The Labute approximate surface area is 73.3 Å². The van der Waals surface area contributed by atoms with Crippen molar-refractivity contribution >= 4 is 5.78 Å². The highest BCUT2D eigenvalue weighted by molar-refractivity contribution is 5.81. The highest BCUT2D eigenvalue weighted by Crippen LogP contribution is 2.56. The number of rotatable bonds is 0. The SMILES string of the molecule is CC(C)(C)C12CCC(=O)CC1O2. The molecule has 1 saturated heterocycles.